The van der Waals surface area contributed by atoms with Gasteiger partial charge in [0, 0.05) is 26.1 Å². The van der Waals surface area contributed by atoms with Crippen LogP contribution in [0.25, 0.3) is 0 Å². The van der Waals surface area contributed by atoms with Gasteiger partial charge in [-0.25, -0.2) is 0 Å². The highest BCUT2D eigenvalue weighted by Gasteiger charge is 2.27. The molecule has 0 saturated carbocycles. The van der Waals surface area contributed by atoms with Crippen LogP contribution >= 0.6 is 0 Å². The minimum absolute atomic E-state index is 0.00802. The van der Waals surface area contributed by atoms with E-state index in [1.807, 2.05) is 37.3 Å². The Balaban J connectivity index is 1.43. The Kier molecular flexibility index (Phi) is 10.5. The van der Waals surface area contributed by atoms with E-state index >= 15 is 0 Å². The van der Waals surface area contributed by atoms with E-state index in [-0.39, 0.29) is 31.3 Å². The molecule has 2 aliphatic rings. The van der Waals surface area contributed by atoms with Gasteiger partial charge in [0.2, 0.25) is 18.6 Å². The minimum atomic E-state index is -0.119. The molecule has 0 aliphatic carbocycles. The van der Waals surface area contributed by atoms with Gasteiger partial charge in [-0.05, 0) is 56.0 Å². The standard InChI is InChI=1S/C30H42N2O6/c1-3-4-5-6-7-8-11-29(33)32(19-25-10-9-16-35-25)21-30(34)31(20-26-14-12-23(2)38-26)18-24-13-15-27-28(17-24)37-22-36-27/h12-15,17,25H,3-11,16,18-22H2,1-2H3/t25-/m0/s1. The first-order valence-electron chi connectivity index (χ1n) is 14.1. The topological polar surface area (TPSA) is 81.5 Å². The Hall–Kier alpha value is -3.00. The molecular weight excluding hydrogens is 484 g/mol. The Morgan fingerprint density at radius 2 is 1.74 bits per heavy atom. The summed E-state index contributed by atoms with van der Waals surface area (Å²) in [6.45, 7) is 6.17. The Morgan fingerprint density at radius 1 is 0.921 bits per heavy atom. The molecule has 1 saturated heterocycles. The number of fused-ring (bicyclic) bond motifs is 1. The third-order valence-electron chi connectivity index (χ3n) is 7.18. The van der Waals surface area contributed by atoms with Gasteiger partial charge in [-0.3, -0.25) is 9.59 Å². The molecule has 0 radical (unpaired) electrons. The third kappa shape index (κ3) is 8.25. The molecule has 8 nitrogen and oxygen atoms in total. The van der Waals surface area contributed by atoms with Crippen molar-refractivity contribution in [3.63, 3.8) is 0 Å². The van der Waals surface area contributed by atoms with Crippen molar-refractivity contribution in [2.24, 2.45) is 0 Å². The van der Waals surface area contributed by atoms with E-state index in [1.165, 1.54) is 19.3 Å². The van der Waals surface area contributed by atoms with Crippen LogP contribution in [0.3, 0.4) is 0 Å². The maximum atomic E-state index is 13.7. The lowest BCUT2D eigenvalue weighted by Crippen LogP contribution is -2.45. The maximum absolute atomic E-state index is 13.7. The van der Waals surface area contributed by atoms with Crippen LogP contribution in [-0.2, 0) is 27.4 Å². The van der Waals surface area contributed by atoms with Gasteiger partial charge in [0.05, 0.1) is 19.2 Å². The first kappa shape index (κ1) is 28.0. The first-order chi connectivity index (χ1) is 18.5. The normalized spacial score (nSPS) is 16.1. The number of ether oxygens (including phenoxy) is 3. The number of carbonyl (C=O) groups is 2. The second-order valence-electron chi connectivity index (χ2n) is 10.4. The fourth-order valence-electron chi connectivity index (χ4n) is 5.02. The average Bonchev–Trinajstić information content (AvgIpc) is 3.67. The van der Waals surface area contributed by atoms with Crippen molar-refractivity contribution < 1.29 is 28.2 Å². The molecule has 3 heterocycles. The van der Waals surface area contributed by atoms with Gasteiger partial charge in [-0.1, -0.05) is 45.1 Å². The lowest BCUT2D eigenvalue weighted by atomic mass is 10.1. The molecular formula is C30H42N2O6. The van der Waals surface area contributed by atoms with Crippen molar-refractivity contribution in [2.45, 2.75) is 90.8 Å². The van der Waals surface area contributed by atoms with Crippen molar-refractivity contribution >= 4 is 11.8 Å². The monoisotopic (exact) mass is 526 g/mol. The van der Waals surface area contributed by atoms with Crippen LogP contribution in [0, 0.1) is 6.92 Å². The van der Waals surface area contributed by atoms with E-state index < -0.39 is 0 Å². The molecule has 1 fully saturated rings. The van der Waals surface area contributed by atoms with Crippen molar-refractivity contribution in [3.05, 3.63) is 47.4 Å². The number of aryl methyl sites for hydroxylation is 1. The third-order valence-corrected chi connectivity index (χ3v) is 7.18. The van der Waals surface area contributed by atoms with Gasteiger partial charge >= 0.3 is 0 Å². The first-order valence-corrected chi connectivity index (χ1v) is 14.1. The molecule has 1 aromatic carbocycles. The SMILES string of the molecule is CCCCCCCCC(=O)N(CC(=O)N(Cc1ccc2c(c1)OCO2)Cc1ccc(C)o1)C[C@@H]1CCCO1. The van der Waals surface area contributed by atoms with Crippen LogP contribution in [0.15, 0.2) is 34.7 Å². The van der Waals surface area contributed by atoms with Crippen molar-refractivity contribution in [3.8, 4) is 11.5 Å². The van der Waals surface area contributed by atoms with Gasteiger partial charge in [-0.15, -0.1) is 0 Å². The second-order valence-corrected chi connectivity index (χ2v) is 10.4. The van der Waals surface area contributed by atoms with Crippen molar-refractivity contribution in [1.29, 1.82) is 0 Å². The van der Waals surface area contributed by atoms with Crippen molar-refractivity contribution in [1.82, 2.24) is 9.80 Å². The summed E-state index contributed by atoms with van der Waals surface area (Å²) in [7, 11) is 0. The van der Waals surface area contributed by atoms with Gasteiger partial charge in [0.15, 0.2) is 11.5 Å². The molecule has 4 rings (SSSR count). The van der Waals surface area contributed by atoms with Crippen LogP contribution < -0.4 is 9.47 Å². The smallest absolute Gasteiger partial charge is 0.242 e. The number of rotatable bonds is 15. The fraction of sp³-hybridized carbons (Fsp3) is 0.600. The van der Waals surface area contributed by atoms with Crippen molar-refractivity contribution in [2.75, 3.05) is 26.5 Å². The van der Waals surface area contributed by atoms with Crippen LogP contribution in [0.1, 0.15) is 81.8 Å². The second kappa shape index (κ2) is 14.2. The lowest BCUT2D eigenvalue weighted by Gasteiger charge is -2.29. The molecule has 2 aliphatic heterocycles. The quantitative estimate of drug-likeness (QED) is 0.281. The molecule has 1 atom stereocenters. The van der Waals surface area contributed by atoms with E-state index in [0.29, 0.717) is 49.9 Å². The number of hydrogen-bond donors (Lipinski definition) is 0. The molecule has 2 amide bonds. The lowest BCUT2D eigenvalue weighted by molar-refractivity contribution is -0.142. The van der Waals surface area contributed by atoms with Crippen LogP contribution in [0.5, 0.6) is 11.5 Å². The molecule has 38 heavy (non-hydrogen) atoms. The molecule has 2 aromatic rings. The molecule has 1 aromatic heterocycles. The molecule has 0 spiro atoms. The Bertz CT molecular complexity index is 1050. The fourth-order valence-corrected chi connectivity index (χ4v) is 5.02. The number of nitrogens with zero attached hydrogens (tertiary/aromatic N) is 2. The molecule has 208 valence electrons. The van der Waals surface area contributed by atoms with E-state index in [9.17, 15) is 9.59 Å². The zero-order chi connectivity index (χ0) is 26.7. The zero-order valence-corrected chi connectivity index (χ0v) is 22.9. The highest BCUT2D eigenvalue weighted by Crippen LogP contribution is 2.33. The minimum Gasteiger partial charge on any atom is -0.464 e. The van der Waals surface area contributed by atoms with Gasteiger partial charge in [-0.2, -0.15) is 0 Å². The summed E-state index contributed by atoms with van der Waals surface area (Å²) in [5.41, 5.74) is 0.926. The van der Waals surface area contributed by atoms with E-state index in [4.69, 9.17) is 18.6 Å². The predicted octanol–water partition coefficient (Wildman–Crippen LogP) is 5.60. The van der Waals surface area contributed by atoms with Gasteiger partial charge < -0.3 is 28.4 Å². The highest BCUT2D eigenvalue weighted by molar-refractivity contribution is 5.85. The van der Waals surface area contributed by atoms with Crippen LogP contribution in [0.4, 0.5) is 0 Å². The summed E-state index contributed by atoms with van der Waals surface area (Å²) >= 11 is 0. The number of benzene rings is 1. The van der Waals surface area contributed by atoms with Gasteiger partial charge in [0.1, 0.15) is 11.5 Å². The van der Waals surface area contributed by atoms with Crippen LogP contribution in [-0.4, -0.2) is 54.2 Å². The van der Waals surface area contributed by atoms with E-state index in [1.54, 1.807) is 9.80 Å². The summed E-state index contributed by atoms with van der Waals surface area (Å²) in [6, 6.07) is 9.50. The van der Waals surface area contributed by atoms with Crippen LogP contribution in [0.2, 0.25) is 0 Å². The molecule has 8 heteroatoms. The summed E-state index contributed by atoms with van der Waals surface area (Å²) in [6.07, 6.45) is 9.07. The number of unbranched alkanes of at least 4 members (excludes halogenated alkanes) is 5. The summed E-state index contributed by atoms with van der Waals surface area (Å²) in [4.78, 5) is 30.5. The Morgan fingerprint density at radius 3 is 2.50 bits per heavy atom. The zero-order valence-electron chi connectivity index (χ0n) is 22.9. The largest absolute Gasteiger partial charge is 0.464 e. The highest BCUT2D eigenvalue weighted by atomic mass is 16.7. The van der Waals surface area contributed by atoms with Gasteiger partial charge in [0.25, 0.3) is 0 Å². The molecule has 0 bridgehead atoms. The average molecular weight is 527 g/mol. The number of carbonyl (C=O) groups excluding carboxylic acids is 2. The summed E-state index contributed by atoms with van der Waals surface area (Å²) in [5.74, 6) is 2.80. The molecule has 0 unspecified atom stereocenters. The number of hydrogen-bond acceptors (Lipinski definition) is 6. The van der Waals surface area contributed by atoms with E-state index in [0.717, 1.165) is 43.4 Å². The Labute approximate surface area is 226 Å². The predicted molar refractivity (Wildman–Crippen MR) is 144 cm³/mol. The van der Waals surface area contributed by atoms with E-state index in [2.05, 4.69) is 6.92 Å². The maximum Gasteiger partial charge on any atom is 0.242 e. The summed E-state index contributed by atoms with van der Waals surface area (Å²) in [5, 5.41) is 0. The summed E-state index contributed by atoms with van der Waals surface area (Å²) < 4.78 is 22.6. The number of amides is 2. The number of furan rings is 1. The molecule has 0 N–H and O–H groups in total.